The Bertz CT molecular complexity index is 431. The highest BCUT2D eigenvalue weighted by Crippen LogP contribution is 2.28. The van der Waals surface area contributed by atoms with Crippen molar-refractivity contribution in [2.75, 3.05) is 0 Å². The van der Waals surface area contributed by atoms with Gasteiger partial charge in [-0.2, -0.15) is 0 Å². The molecule has 0 saturated carbocycles. The van der Waals surface area contributed by atoms with Gasteiger partial charge in [0.25, 0.3) is 0 Å². The van der Waals surface area contributed by atoms with Crippen molar-refractivity contribution in [1.82, 2.24) is 4.98 Å². The van der Waals surface area contributed by atoms with Crippen LogP contribution in [0.2, 0.25) is 10.0 Å². The molecule has 0 aliphatic carbocycles. The van der Waals surface area contributed by atoms with Crippen LogP contribution in [0.25, 0.3) is 10.9 Å². The molecule has 0 amide bonds. The van der Waals surface area contributed by atoms with Crippen molar-refractivity contribution >= 4 is 34.1 Å². The van der Waals surface area contributed by atoms with Crippen LogP contribution < -0.4 is 0 Å². The van der Waals surface area contributed by atoms with Crippen LogP contribution >= 0.6 is 23.2 Å². The zero-order chi connectivity index (χ0) is 8.72. The van der Waals surface area contributed by atoms with Gasteiger partial charge >= 0.3 is 0 Å². The van der Waals surface area contributed by atoms with Crippen LogP contribution in [0.15, 0.2) is 18.3 Å². The molecule has 2 aromatic rings. The maximum absolute atomic E-state index is 5.96. The molecule has 0 atom stereocenters. The van der Waals surface area contributed by atoms with E-state index in [4.69, 9.17) is 23.2 Å². The van der Waals surface area contributed by atoms with E-state index in [0.29, 0.717) is 10.0 Å². The number of hydrogen-bond acceptors (Lipinski definition) is 0. The lowest BCUT2D eigenvalue weighted by Gasteiger charge is -1.95. The van der Waals surface area contributed by atoms with Gasteiger partial charge in [-0.1, -0.05) is 23.2 Å². The Kier molecular flexibility index (Phi) is 1.78. The zero-order valence-corrected chi connectivity index (χ0v) is 8.00. The van der Waals surface area contributed by atoms with E-state index in [0.717, 1.165) is 16.5 Å². The van der Waals surface area contributed by atoms with Crippen LogP contribution in [0.5, 0.6) is 0 Å². The maximum Gasteiger partial charge on any atom is 0.0661 e. The number of halogens is 2. The molecule has 1 aromatic carbocycles. The first-order chi connectivity index (χ1) is 5.68. The standard InChI is InChI=1S/C9H7Cl2N/c1-5-4-12-9-7(5)2-6(10)3-8(9)11/h2-4,12H,1H3. The lowest BCUT2D eigenvalue weighted by atomic mass is 10.2. The van der Waals surface area contributed by atoms with E-state index < -0.39 is 0 Å². The number of hydrogen-bond donors (Lipinski definition) is 1. The van der Waals surface area contributed by atoms with Crippen LogP contribution in [0.4, 0.5) is 0 Å². The van der Waals surface area contributed by atoms with E-state index in [9.17, 15) is 0 Å². The van der Waals surface area contributed by atoms with E-state index in [1.54, 1.807) is 6.07 Å². The molecule has 0 fully saturated rings. The fourth-order valence-electron chi connectivity index (χ4n) is 1.29. The minimum absolute atomic E-state index is 0.672. The summed E-state index contributed by atoms with van der Waals surface area (Å²) in [6.45, 7) is 2.02. The Hall–Kier alpha value is -0.660. The molecule has 0 unspecified atom stereocenters. The number of aryl methyl sites for hydroxylation is 1. The first-order valence-electron chi connectivity index (χ1n) is 3.61. The van der Waals surface area contributed by atoms with Gasteiger partial charge in [0.15, 0.2) is 0 Å². The molecule has 12 heavy (non-hydrogen) atoms. The monoisotopic (exact) mass is 199 g/mol. The summed E-state index contributed by atoms with van der Waals surface area (Å²) in [5, 5.41) is 2.44. The van der Waals surface area contributed by atoms with Crippen molar-refractivity contribution in [2.45, 2.75) is 6.92 Å². The Labute approximate surface area is 80.3 Å². The summed E-state index contributed by atoms with van der Waals surface area (Å²) < 4.78 is 0. The molecule has 1 nitrogen and oxygen atoms in total. The topological polar surface area (TPSA) is 15.8 Å². The number of rotatable bonds is 0. The Balaban J connectivity index is 2.92. The van der Waals surface area contributed by atoms with Gasteiger partial charge in [-0.05, 0) is 24.6 Å². The molecule has 1 aromatic heterocycles. The first kappa shape index (κ1) is 7.96. The maximum atomic E-state index is 5.96. The average Bonchev–Trinajstić information content (AvgIpc) is 2.33. The van der Waals surface area contributed by atoms with Crippen molar-refractivity contribution in [3.63, 3.8) is 0 Å². The Morgan fingerprint density at radius 1 is 1.25 bits per heavy atom. The van der Waals surface area contributed by atoms with Gasteiger partial charge in [-0.25, -0.2) is 0 Å². The van der Waals surface area contributed by atoms with E-state index in [-0.39, 0.29) is 0 Å². The minimum Gasteiger partial charge on any atom is -0.360 e. The molecule has 0 saturated heterocycles. The number of aromatic amines is 1. The molecule has 1 heterocycles. The molecule has 1 N–H and O–H groups in total. The fourth-order valence-corrected chi connectivity index (χ4v) is 1.84. The second kappa shape index (κ2) is 2.68. The second-order valence-corrected chi connectivity index (χ2v) is 3.63. The molecule has 0 radical (unpaired) electrons. The Morgan fingerprint density at radius 2 is 2.00 bits per heavy atom. The van der Waals surface area contributed by atoms with Crippen molar-refractivity contribution in [3.05, 3.63) is 33.9 Å². The van der Waals surface area contributed by atoms with E-state index >= 15 is 0 Å². The van der Waals surface area contributed by atoms with Crippen LogP contribution in [0, 0.1) is 6.92 Å². The van der Waals surface area contributed by atoms with Crippen LogP contribution in [0.1, 0.15) is 5.56 Å². The highest BCUT2D eigenvalue weighted by atomic mass is 35.5. The molecule has 0 aliphatic heterocycles. The molecule has 2 rings (SSSR count). The second-order valence-electron chi connectivity index (χ2n) is 2.78. The summed E-state index contributed by atoms with van der Waals surface area (Å²) in [6.07, 6.45) is 1.92. The SMILES string of the molecule is Cc1c[nH]c2c(Cl)cc(Cl)cc12. The van der Waals surface area contributed by atoms with Gasteiger partial charge < -0.3 is 4.98 Å². The van der Waals surface area contributed by atoms with Crippen LogP contribution in [-0.4, -0.2) is 4.98 Å². The van der Waals surface area contributed by atoms with E-state index in [1.807, 2.05) is 19.2 Å². The van der Waals surface area contributed by atoms with Gasteiger partial charge in [-0.3, -0.25) is 0 Å². The van der Waals surface area contributed by atoms with Gasteiger partial charge in [0.05, 0.1) is 10.5 Å². The predicted molar refractivity (Wildman–Crippen MR) is 53.1 cm³/mol. The van der Waals surface area contributed by atoms with E-state index in [2.05, 4.69) is 4.98 Å². The third-order valence-electron chi connectivity index (χ3n) is 1.91. The summed E-state index contributed by atoms with van der Waals surface area (Å²) in [6, 6.07) is 3.65. The minimum atomic E-state index is 0.672. The third-order valence-corrected chi connectivity index (χ3v) is 2.43. The molecule has 3 heteroatoms. The predicted octanol–water partition coefficient (Wildman–Crippen LogP) is 3.78. The smallest absolute Gasteiger partial charge is 0.0661 e. The first-order valence-corrected chi connectivity index (χ1v) is 4.37. The van der Waals surface area contributed by atoms with Crippen molar-refractivity contribution in [1.29, 1.82) is 0 Å². The van der Waals surface area contributed by atoms with Crippen molar-refractivity contribution in [2.24, 2.45) is 0 Å². The van der Waals surface area contributed by atoms with Crippen LogP contribution in [0.3, 0.4) is 0 Å². The number of nitrogens with one attached hydrogen (secondary N) is 1. The molecule has 62 valence electrons. The number of fused-ring (bicyclic) bond motifs is 1. The highest BCUT2D eigenvalue weighted by Gasteiger charge is 2.04. The quantitative estimate of drug-likeness (QED) is 0.665. The normalized spacial score (nSPS) is 10.9. The van der Waals surface area contributed by atoms with E-state index in [1.165, 1.54) is 0 Å². The molecule has 0 spiro atoms. The lowest BCUT2D eigenvalue weighted by molar-refractivity contribution is 1.43. The average molecular weight is 200 g/mol. The summed E-state index contributed by atoms with van der Waals surface area (Å²) >= 11 is 11.8. The Morgan fingerprint density at radius 3 is 2.75 bits per heavy atom. The van der Waals surface area contributed by atoms with Gasteiger partial charge in [0, 0.05) is 16.6 Å². The number of H-pyrrole nitrogens is 1. The van der Waals surface area contributed by atoms with Gasteiger partial charge in [-0.15, -0.1) is 0 Å². The molecule has 0 bridgehead atoms. The molecular weight excluding hydrogens is 193 g/mol. The fraction of sp³-hybridized carbons (Fsp3) is 0.111. The third kappa shape index (κ3) is 1.10. The number of aromatic nitrogens is 1. The zero-order valence-electron chi connectivity index (χ0n) is 6.49. The van der Waals surface area contributed by atoms with Crippen molar-refractivity contribution in [3.8, 4) is 0 Å². The van der Waals surface area contributed by atoms with Gasteiger partial charge in [0.2, 0.25) is 0 Å². The van der Waals surface area contributed by atoms with Crippen LogP contribution in [-0.2, 0) is 0 Å². The largest absolute Gasteiger partial charge is 0.360 e. The summed E-state index contributed by atoms with van der Waals surface area (Å²) in [7, 11) is 0. The lowest BCUT2D eigenvalue weighted by Crippen LogP contribution is -1.72. The summed E-state index contributed by atoms with van der Waals surface area (Å²) in [5.41, 5.74) is 2.12. The molecule has 0 aliphatic rings. The van der Waals surface area contributed by atoms with Crippen molar-refractivity contribution < 1.29 is 0 Å². The number of benzene rings is 1. The highest BCUT2D eigenvalue weighted by molar-refractivity contribution is 6.38. The summed E-state index contributed by atoms with van der Waals surface area (Å²) in [4.78, 5) is 3.09. The molecular formula is C9H7Cl2N. The summed E-state index contributed by atoms with van der Waals surface area (Å²) in [5.74, 6) is 0. The van der Waals surface area contributed by atoms with Gasteiger partial charge in [0.1, 0.15) is 0 Å².